The molecule has 134 valence electrons. The maximum Gasteiger partial charge on any atom is 0.417 e. The molecule has 1 saturated carbocycles. The minimum absolute atomic E-state index is 0.0139. The molecule has 5 heteroatoms. The van der Waals surface area contributed by atoms with E-state index in [1.807, 2.05) is 34.6 Å². The van der Waals surface area contributed by atoms with Gasteiger partial charge in [-0.2, -0.15) is 0 Å². The van der Waals surface area contributed by atoms with Gasteiger partial charge in [0.1, 0.15) is 6.10 Å². The van der Waals surface area contributed by atoms with Crippen molar-refractivity contribution in [1.82, 2.24) is 4.90 Å². The highest BCUT2D eigenvalue weighted by molar-refractivity contribution is 5.95. The molecule has 0 heterocycles. The van der Waals surface area contributed by atoms with Crippen molar-refractivity contribution >= 4 is 12.0 Å². The Labute approximate surface area is 140 Å². The van der Waals surface area contributed by atoms with Crippen LogP contribution in [0.15, 0.2) is 0 Å². The van der Waals surface area contributed by atoms with Crippen LogP contribution in [0.5, 0.6) is 0 Å². The minimum Gasteiger partial charge on any atom is -0.446 e. The van der Waals surface area contributed by atoms with Crippen LogP contribution in [0.2, 0.25) is 0 Å². The number of hydrogen-bond donors (Lipinski definition) is 1. The molecule has 1 aliphatic rings. The number of ether oxygens (including phenoxy) is 1. The molecule has 2 amide bonds. The van der Waals surface area contributed by atoms with Gasteiger partial charge in [0.2, 0.25) is 5.91 Å². The average Bonchev–Trinajstić information content (AvgIpc) is 2.54. The van der Waals surface area contributed by atoms with E-state index < -0.39 is 12.1 Å². The van der Waals surface area contributed by atoms with E-state index in [1.54, 1.807) is 0 Å². The Balaban J connectivity index is 2.94. The van der Waals surface area contributed by atoms with E-state index in [-0.39, 0.29) is 24.0 Å². The molecule has 23 heavy (non-hydrogen) atoms. The summed E-state index contributed by atoms with van der Waals surface area (Å²) in [7, 11) is 0. The number of carbonyl (C=O) groups excluding carboxylic acids is 2. The lowest BCUT2D eigenvalue weighted by atomic mass is 9.83. The van der Waals surface area contributed by atoms with Gasteiger partial charge in [-0.25, -0.2) is 9.69 Å². The van der Waals surface area contributed by atoms with Crippen molar-refractivity contribution in [2.24, 2.45) is 17.6 Å². The summed E-state index contributed by atoms with van der Waals surface area (Å²) in [5.74, 6) is 0.0166. The molecule has 1 rings (SSSR count). The monoisotopic (exact) mass is 326 g/mol. The van der Waals surface area contributed by atoms with Crippen LogP contribution >= 0.6 is 0 Å². The molecule has 1 unspecified atom stereocenters. The van der Waals surface area contributed by atoms with Crippen LogP contribution in [0.4, 0.5) is 4.79 Å². The minimum atomic E-state index is -0.675. The Hall–Kier alpha value is -1.10. The van der Waals surface area contributed by atoms with Gasteiger partial charge in [0.15, 0.2) is 0 Å². The van der Waals surface area contributed by atoms with E-state index in [2.05, 4.69) is 0 Å². The third-order valence-electron chi connectivity index (χ3n) is 5.05. The molecule has 0 aromatic rings. The van der Waals surface area contributed by atoms with Gasteiger partial charge in [-0.3, -0.25) is 4.79 Å². The van der Waals surface area contributed by atoms with Gasteiger partial charge < -0.3 is 10.5 Å². The predicted molar refractivity (Wildman–Crippen MR) is 91.9 cm³/mol. The molecule has 0 radical (unpaired) electrons. The highest BCUT2D eigenvalue weighted by Gasteiger charge is 2.37. The molecule has 3 atom stereocenters. The predicted octanol–water partition coefficient (Wildman–Crippen LogP) is 3.70. The number of nitrogens with zero attached hydrogens (tertiary/aromatic N) is 1. The normalized spacial score (nSPS) is 20.0. The van der Waals surface area contributed by atoms with Gasteiger partial charge in [0, 0.05) is 6.04 Å². The number of carbonyl (C=O) groups is 2. The van der Waals surface area contributed by atoms with Crippen LogP contribution in [0.1, 0.15) is 73.1 Å². The van der Waals surface area contributed by atoms with E-state index in [0.717, 1.165) is 32.1 Å². The SMILES string of the molecule is CC[C@H](C)OC(=O)N(C(=O)[C@@H](N)C(C)C)C(C)C1CCCCC1. The summed E-state index contributed by atoms with van der Waals surface area (Å²) in [6.45, 7) is 9.54. The first-order chi connectivity index (χ1) is 10.8. The highest BCUT2D eigenvalue weighted by Crippen LogP contribution is 2.30. The summed E-state index contributed by atoms with van der Waals surface area (Å²) in [5.41, 5.74) is 6.03. The number of nitrogens with two attached hydrogens (primary N) is 1. The lowest BCUT2D eigenvalue weighted by Gasteiger charge is -2.36. The molecule has 5 nitrogen and oxygen atoms in total. The molecule has 0 saturated heterocycles. The molecular formula is C18H34N2O3. The fraction of sp³-hybridized carbons (Fsp3) is 0.889. The lowest BCUT2D eigenvalue weighted by Crippen LogP contribution is -2.55. The second-order valence-corrected chi connectivity index (χ2v) is 7.22. The summed E-state index contributed by atoms with van der Waals surface area (Å²) in [6.07, 6.45) is 5.64. The topological polar surface area (TPSA) is 72.6 Å². The van der Waals surface area contributed by atoms with E-state index in [4.69, 9.17) is 10.5 Å². The van der Waals surface area contributed by atoms with Crippen LogP contribution in [0, 0.1) is 11.8 Å². The van der Waals surface area contributed by atoms with Gasteiger partial charge in [0.25, 0.3) is 0 Å². The van der Waals surface area contributed by atoms with Gasteiger partial charge in [-0.15, -0.1) is 0 Å². The summed E-state index contributed by atoms with van der Waals surface area (Å²) >= 11 is 0. The molecule has 1 aliphatic carbocycles. The Morgan fingerprint density at radius 2 is 1.70 bits per heavy atom. The number of hydrogen-bond acceptors (Lipinski definition) is 4. The van der Waals surface area contributed by atoms with Crippen molar-refractivity contribution in [2.45, 2.75) is 91.3 Å². The smallest absolute Gasteiger partial charge is 0.417 e. The Bertz CT molecular complexity index is 392. The molecule has 1 fully saturated rings. The summed E-state index contributed by atoms with van der Waals surface area (Å²) in [5, 5.41) is 0. The largest absolute Gasteiger partial charge is 0.446 e. The second-order valence-electron chi connectivity index (χ2n) is 7.22. The van der Waals surface area contributed by atoms with Gasteiger partial charge >= 0.3 is 6.09 Å². The molecule has 0 aromatic heterocycles. The van der Waals surface area contributed by atoms with Crippen molar-refractivity contribution in [3.8, 4) is 0 Å². The fourth-order valence-electron chi connectivity index (χ4n) is 3.04. The highest BCUT2D eigenvalue weighted by atomic mass is 16.6. The van der Waals surface area contributed by atoms with Gasteiger partial charge in [0.05, 0.1) is 6.04 Å². The molecule has 0 bridgehead atoms. The molecule has 0 aliphatic heterocycles. The number of imide groups is 1. The van der Waals surface area contributed by atoms with Crippen LogP contribution < -0.4 is 5.73 Å². The lowest BCUT2D eigenvalue weighted by molar-refractivity contribution is -0.135. The Morgan fingerprint density at radius 1 is 1.13 bits per heavy atom. The maximum atomic E-state index is 12.8. The first-order valence-electron chi connectivity index (χ1n) is 9.08. The Kier molecular flexibility index (Phi) is 8.03. The van der Waals surface area contributed by atoms with E-state index in [0.29, 0.717) is 5.92 Å². The van der Waals surface area contributed by atoms with Gasteiger partial charge in [-0.05, 0) is 44.9 Å². The van der Waals surface area contributed by atoms with Crippen molar-refractivity contribution in [1.29, 1.82) is 0 Å². The first kappa shape index (κ1) is 19.9. The average molecular weight is 326 g/mol. The van der Waals surface area contributed by atoms with Crippen LogP contribution in [-0.4, -0.2) is 35.1 Å². The second kappa shape index (κ2) is 9.26. The summed E-state index contributed by atoms with van der Waals surface area (Å²) < 4.78 is 5.44. The van der Waals surface area contributed by atoms with E-state index in [1.165, 1.54) is 11.3 Å². The number of amides is 2. The van der Waals surface area contributed by atoms with Crippen LogP contribution in [-0.2, 0) is 9.53 Å². The molecular weight excluding hydrogens is 292 g/mol. The van der Waals surface area contributed by atoms with Crippen molar-refractivity contribution < 1.29 is 14.3 Å². The summed E-state index contributed by atoms with van der Waals surface area (Å²) in [4.78, 5) is 26.7. The quantitative estimate of drug-likeness (QED) is 0.807. The standard InChI is InChI=1S/C18H34N2O3/c1-6-13(4)23-18(22)20(17(21)16(19)12(2)3)14(5)15-10-8-7-9-11-15/h12-16H,6-11,19H2,1-5H3/t13-,14?,16-/m0/s1. The van der Waals surface area contributed by atoms with Crippen LogP contribution in [0.3, 0.4) is 0 Å². The van der Waals surface area contributed by atoms with Gasteiger partial charge in [-0.1, -0.05) is 40.0 Å². The van der Waals surface area contributed by atoms with Crippen molar-refractivity contribution in [3.05, 3.63) is 0 Å². The molecule has 2 N–H and O–H groups in total. The fourth-order valence-corrected chi connectivity index (χ4v) is 3.04. The third-order valence-corrected chi connectivity index (χ3v) is 5.05. The van der Waals surface area contributed by atoms with E-state index >= 15 is 0 Å². The molecule has 0 aromatic carbocycles. The van der Waals surface area contributed by atoms with Crippen molar-refractivity contribution in [2.75, 3.05) is 0 Å². The van der Waals surface area contributed by atoms with E-state index in [9.17, 15) is 9.59 Å². The first-order valence-corrected chi connectivity index (χ1v) is 9.08. The zero-order valence-corrected chi connectivity index (χ0v) is 15.4. The Morgan fingerprint density at radius 3 is 2.17 bits per heavy atom. The van der Waals surface area contributed by atoms with Crippen LogP contribution in [0.25, 0.3) is 0 Å². The maximum absolute atomic E-state index is 12.8. The third kappa shape index (κ3) is 5.48. The molecule has 0 spiro atoms. The number of rotatable bonds is 6. The van der Waals surface area contributed by atoms with Crippen molar-refractivity contribution in [3.63, 3.8) is 0 Å². The summed E-state index contributed by atoms with van der Waals surface area (Å²) in [6, 6.07) is -0.838. The zero-order chi connectivity index (χ0) is 17.6. The zero-order valence-electron chi connectivity index (χ0n) is 15.4.